The summed E-state index contributed by atoms with van der Waals surface area (Å²) < 4.78 is 0.997. The summed E-state index contributed by atoms with van der Waals surface area (Å²) >= 11 is 3.37. The second-order valence-electron chi connectivity index (χ2n) is 5.79. The van der Waals surface area contributed by atoms with E-state index in [-0.39, 0.29) is 11.9 Å². The van der Waals surface area contributed by atoms with Gasteiger partial charge in [-0.3, -0.25) is 4.79 Å². The largest absolute Gasteiger partial charge is 0.393 e. The Bertz CT molecular complexity index is 440. The number of carbonyl (C=O) groups is 1. The number of aliphatic hydroxyl groups is 1. The van der Waals surface area contributed by atoms with Crippen LogP contribution < -0.4 is 0 Å². The summed E-state index contributed by atoms with van der Waals surface area (Å²) in [6, 6.07) is 7.54. The van der Waals surface area contributed by atoms with Crippen LogP contribution in [0.3, 0.4) is 0 Å². The highest BCUT2D eigenvalue weighted by molar-refractivity contribution is 9.10. The Morgan fingerprint density at radius 3 is 2.60 bits per heavy atom. The number of halogens is 1. The number of nitrogens with zero attached hydrogens (tertiary/aromatic N) is 1. The molecule has 1 N–H and O–H groups in total. The first-order valence-electron chi connectivity index (χ1n) is 7.20. The molecule has 3 nitrogen and oxygen atoms in total. The lowest BCUT2D eigenvalue weighted by atomic mass is 9.82. The molecule has 2 rings (SSSR count). The second-order valence-corrected chi connectivity index (χ2v) is 6.70. The Hall–Kier alpha value is -0.710. The van der Waals surface area contributed by atoms with E-state index in [0.29, 0.717) is 12.3 Å². The van der Waals surface area contributed by atoms with Crippen molar-refractivity contribution in [2.45, 2.75) is 31.8 Å². The van der Waals surface area contributed by atoms with Crippen molar-refractivity contribution in [3.8, 4) is 0 Å². The maximum atomic E-state index is 12.0. The van der Waals surface area contributed by atoms with Crippen molar-refractivity contribution >= 4 is 21.7 Å². The van der Waals surface area contributed by atoms with Crippen LogP contribution in [0.15, 0.2) is 28.7 Å². The topological polar surface area (TPSA) is 40.5 Å². The summed E-state index contributed by atoms with van der Waals surface area (Å²) in [4.78, 5) is 14.3. The van der Waals surface area contributed by atoms with Gasteiger partial charge < -0.3 is 10.0 Å². The minimum atomic E-state index is -0.0765. The number of aliphatic hydroxyl groups excluding tert-OH is 1. The van der Waals surface area contributed by atoms with E-state index in [9.17, 15) is 9.90 Å². The normalized spacial score (nSPS) is 21.8. The van der Waals surface area contributed by atoms with Crippen molar-refractivity contribution in [2.24, 2.45) is 5.92 Å². The van der Waals surface area contributed by atoms with Gasteiger partial charge in [0.1, 0.15) is 0 Å². The third-order valence-electron chi connectivity index (χ3n) is 3.89. The molecule has 1 aromatic carbocycles. The lowest BCUT2D eigenvalue weighted by molar-refractivity contribution is 0.0282. The lowest BCUT2D eigenvalue weighted by Crippen LogP contribution is -2.37. The predicted octanol–water partition coefficient (Wildman–Crippen LogP) is 3.11. The van der Waals surface area contributed by atoms with Gasteiger partial charge in [0, 0.05) is 23.0 Å². The van der Waals surface area contributed by atoms with Crippen molar-refractivity contribution in [2.75, 3.05) is 20.1 Å². The maximum Gasteiger partial charge on any atom is 0.162 e. The molecule has 4 heteroatoms. The van der Waals surface area contributed by atoms with Crippen LogP contribution in [0, 0.1) is 5.92 Å². The average molecular weight is 340 g/mol. The first kappa shape index (κ1) is 15.7. The van der Waals surface area contributed by atoms with Gasteiger partial charge in [0.15, 0.2) is 5.78 Å². The zero-order valence-corrected chi connectivity index (χ0v) is 13.5. The van der Waals surface area contributed by atoms with E-state index in [2.05, 4.69) is 27.9 Å². The Morgan fingerprint density at radius 2 is 2.00 bits per heavy atom. The summed E-state index contributed by atoms with van der Waals surface area (Å²) in [5.74, 6) is 0.849. The molecule has 1 saturated carbocycles. The lowest BCUT2D eigenvalue weighted by Gasteiger charge is -2.34. The number of ketones is 1. The van der Waals surface area contributed by atoms with Crippen LogP contribution in [0.4, 0.5) is 0 Å². The minimum Gasteiger partial charge on any atom is -0.393 e. The summed E-state index contributed by atoms with van der Waals surface area (Å²) in [6.07, 6.45) is 3.27. The summed E-state index contributed by atoms with van der Waals surface area (Å²) in [7, 11) is 2.09. The van der Waals surface area contributed by atoms with Gasteiger partial charge in [0.05, 0.1) is 6.10 Å². The highest BCUT2D eigenvalue weighted by Gasteiger charge is 2.27. The van der Waals surface area contributed by atoms with Gasteiger partial charge in [-0.2, -0.15) is 0 Å². The first-order valence-corrected chi connectivity index (χ1v) is 7.99. The molecule has 0 aromatic heterocycles. The molecule has 110 valence electrons. The fourth-order valence-corrected chi connectivity index (χ4v) is 2.94. The van der Waals surface area contributed by atoms with Gasteiger partial charge in [-0.25, -0.2) is 0 Å². The van der Waals surface area contributed by atoms with E-state index >= 15 is 0 Å². The molecule has 1 aliphatic carbocycles. The molecule has 20 heavy (non-hydrogen) atoms. The SMILES string of the molecule is CN(CCCC(=O)c1ccc(Br)cc1)CC1CC(O)C1. The molecule has 0 spiro atoms. The molecule has 0 saturated heterocycles. The van der Waals surface area contributed by atoms with Crippen LogP contribution in [0.25, 0.3) is 0 Å². The molecule has 0 bridgehead atoms. The van der Waals surface area contributed by atoms with Crippen LogP contribution in [-0.2, 0) is 0 Å². The van der Waals surface area contributed by atoms with E-state index in [1.54, 1.807) is 0 Å². The third-order valence-corrected chi connectivity index (χ3v) is 4.42. The smallest absolute Gasteiger partial charge is 0.162 e. The summed E-state index contributed by atoms with van der Waals surface area (Å²) in [6.45, 7) is 1.97. The number of carbonyl (C=O) groups excluding carboxylic acids is 1. The van der Waals surface area contributed by atoms with Crippen molar-refractivity contribution in [3.63, 3.8) is 0 Å². The Kier molecular flexibility index (Phi) is 5.75. The van der Waals surface area contributed by atoms with Gasteiger partial charge in [0.25, 0.3) is 0 Å². The fourth-order valence-electron chi connectivity index (χ4n) is 2.67. The molecule has 0 atom stereocenters. The van der Waals surface area contributed by atoms with E-state index < -0.39 is 0 Å². The third kappa shape index (κ3) is 4.69. The van der Waals surface area contributed by atoms with Crippen molar-refractivity contribution in [3.05, 3.63) is 34.3 Å². The minimum absolute atomic E-state index is 0.0765. The van der Waals surface area contributed by atoms with Crippen LogP contribution in [0.2, 0.25) is 0 Å². The molecule has 0 heterocycles. The Labute approximate surface area is 129 Å². The van der Waals surface area contributed by atoms with Crippen molar-refractivity contribution < 1.29 is 9.90 Å². The van der Waals surface area contributed by atoms with E-state index in [1.165, 1.54) is 0 Å². The van der Waals surface area contributed by atoms with Crippen LogP contribution in [0.5, 0.6) is 0 Å². The zero-order chi connectivity index (χ0) is 14.5. The van der Waals surface area contributed by atoms with Gasteiger partial charge in [-0.15, -0.1) is 0 Å². The Balaban J connectivity index is 1.64. The monoisotopic (exact) mass is 339 g/mol. The van der Waals surface area contributed by atoms with E-state index in [0.717, 1.165) is 42.4 Å². The second kappa shape index (κ2) is 7.34. The molecule has 0 amide bonds. The standard InChI is InChI=1S/C16H22BrNO2/c1-18(11-12-9-15(19)10-12)8-2-3-16(20)13-4-6-14(17)7-5-13/h4-7,12,15,19H,2-3,8-11H2,1H3. The molecule has 0 unspecified atom stereocenters. The highest BCUT2D eigenvalue weighted by Crippen LogP contribution is 2.27. The number of Topliss-reactive ketones (excluding diaryl/α,β-unsaturated/α-hetero) is 1. The van der Waals surface area contributed by atoms with Crippen LogP contribution in [-0.4, -0.2) is 42.0 Å². The van der Waals surface area contributed by atoms with E-state index in [4.69, 9.17) is 0 Å². The van der Waals surface area contributed by atoms with Crippen molar-refractivity contribution in [1.82, 2.24) is 4.90 Å². The number of benzene rings is 1. The first-order chi connectivity index (χ1) is 9.54. The molecular weight excluding hydrogens is 318 g/mol. The maximum absolute atomic E-state index is 12.0. The zero-order valence-electron chi connectivity index (χ0n) is 11.9. The van der Waals surface area contributed by atoms with Crippen LogP contribution >= 0.6 is 15.9 Å². The predicted molar refractivity (Wildman–Crippen MR) is 83.9 cm³/mol. The highest BCUT2D eigenvalue weighted by atomic mass is 79.9. The number of rotatable bonds is 7. The molecule has 1 fully saturated rings. The van der Waals surface area contributed by atoms with Gasteiger partial charge in [-0.05, 0) is 50.9 Å². The number of hydrogen-bond acceptors (Lipinski definition) is 3. The van der Waals surface area contributed by atoms with Gasteiger partial charge in [-0.1, -0.05) is 28.1 Å². The summed E-state index contributed by atoms with van der Waals surface area (Å²) in [5, 5.41) is 9.26. The fraction of sp³-hybridized carbons (Fsp3) is 0.562. The van der Waals surface area contributed by atoms with Gasteiger partial charge >= 0.3 is 0 Å². The Morgan fingerprint density at radius 1 is 1.35 bits per heavy atom. The van der Waals surface area contributed by atoms with E-state index in [1.807, 2.05) is 24.3 Å². The molecule has 1 aliphatic rings. The summed E-state index contributed by atoms with van der Waals surface area (Å²) in [5.41, 5.74) is 0.790. The van der Waals surface area contributed by atoms with Crippen molar-refractivity contribution in [1.29, 1.82) is 0 Å². The quantitative estimate of drug-likeness (QED) is 0.776. The molecule has 1 aromatic rings. The number of hydrogen-bond donors (Lipinski definition) is 1. The average Bonchev–Trinajstić information content (AvgIpc) is 2.37. The molecule has 0 radical (unpaired) electrons. The van der Waals surface area contributed by atoms with Gasteiger partial charge in [0.2, 0.25) is 0 Å². The molecule has 0 aliphatic heterocycles. The molecular formula is C16H22BrNO2. The van der Waals surface area contributed by atoms with Crippen LogP contribution in [0.1, 0.15) is 36.0 Å².